The highest BCUT2D eigenvalue weighted by atomic mass is 32.2. The molecular weight excluding hydrogens is 621 g/mol. The Balaban J connectivity index is 1.43. The van der Waals surface area contributed by atoms with Crippen LogP contribution in [-0.2, 0) is 22.9 Å². The Hall–Kier alpha value is -4.81. The van der Waals surface area contributed by atoms with Crippen LogP contribution in [0.4, 0.5) is 0 Å². The van der Waals surface area contributed by atoms with Gasteiger partial charge in [-0.25, -0.2) is 8.42 Å². The summed E-state index contributed by atoms with van der Waals surface area (Å²) in [6, 6.07) is 62.2. The molecule has 6 aromatic rings. The summed E-state index contributed by atoms with van der Waals surface area (Å²) in [5.74, 6) is 0.171. The van der Waals surface area contributed by atoms with Crippen molar-refractivity contribution in [3.8, 4) is 0 Å². The third-order valence-electron chi connectivity index (χ3n) is 9.69. The molecule has 4 nitrogen and oxygen atoms in total. The van der Waals surface area contributed by atoms with E-state index in [4.69, 9.17) is 0 Å². The van der Waals surface area contributed by atoms with Gasteiger partial charge in [-0.2, -0.15) is 0 Å². The highest BCUT2D eigenvalue weighted by molar-refractivity contribution is 7.91. The smallest absolute Gasteiger partial charge is 0.153 e. The van der Waals surface area contributed by atoms with Crippen LogP contribution < -0.4 is 0 Å². The highest BCUT2D eigenvalue weighted by Gasteiger charge is 2.48. The van der Waals surface area contributed by atoms with E-state index >= 15 is 0 Å². The summed E-state index contributed by atoms with van der Waals surface area (Å²) in [6.45, 7) is 1.21. The zero-order chi connectivity index (χ0) is 33.5. The average Bonchev–Trinajstić information content (AvgIpc) is 3.48. The molecule has 1 saturated heterocycles. The average molecular weight is 663 g/mol. The first-order valence-corrected chi connectivity index (χ1v) is 18.9. The lowest BCUT2D eigenvalue weighted by Crippen LogP contribution is -2.53. The summed E-state index contributed by atoms with van der Waals surface area (Å²) in [6.07, 6.45) is 0. The Morgan fingerprint density at radius 1 is 0.408 bits per heavy atom. The summed E-state index contributed by atoms with van der Waals surface area (Å²) >= 11 is 0. The second kappa shape index (κ2) is 15.2. The quantitative estimate of drug-likeness (QED) is 0.131. The van der Waals surface area contributed by atoms with E-state index in [0.717, 1.165) is 33.4 Å². The molecule has 0 saturated carbocycles. The molecule has 0 bridgehead atoms. The molecule has 1 aliphatic rings. The van der Waals surface area contributed by atoms with Crippen LogP contribution in [0.3, 0.4) is 0 Å². The van der Waals surface area contributed by atoms with Crippen molar-refractivity contribution in [1.82, 2.24) is 9.80 Å². The van der Waals surface area contributed by atoms with Crippen molar-refractivity contribution >= 4 is 9.84 Å². The molecule has 0 unspecified atom stereocenters. The van der Waals surface area contributed by atoms with Gasteiger partial charge in [-0.05, 0) is 33.4 Å². The summed E-state index contributed by atoms with van der Waals surface area (Å²) in [7, 11) is -3.40. The minimum atomic E-state index is -3.40. The molecule has 0 N–H and O–H groups in total. The predicted octanol–water partition coefficient (Wildman–Crippen LogP) is 8.74. The zero-order valence-electron chi connectivity index (χ0n) is 27.6. The van der Waals surface area contributed by atoms with E-state index in [-0.39, 0.29) is 35.7 Å². The summed E-state index contributed by atoms with van der Waals surface area (Å²) in [5, 5.41) is 0. The van der Waals surface area contributed by atoms with Crippen molar-refractivity contribution in [2.45, 2.75) is 37.3 Å². The zero-order valence-corrected chi connectivity index (χ0v) is 28.4. The summed E-state index contributed by atoms with van der Waals surface area (Å²) in [5.41, 5.74) is 6.88. The Morgan fingerprint density at radius 3 is 0.918 bits per heavy atom. The van der Waals surface area contributed by atoms with Crippen LogP contribution in [0.25, 0.3) is 0 Å². The molecule has 1 aliphatic heterocycles. The van der Waals surface area contributed by atoms with Gasteiger partial charge in [0.05, 0.1) is 23.6 Å². The topological polar surface area (TPSA) is 40.6 Å². The minimum absolute atomic E-state index is 0.0856. The van der Waals surface area contributed by atoms with E-state index in [2.05, 4.69) is 155 Å². The van der Waals surface area contributed by atoms with Crippen molar-refractivity contribution in [3.63, 3.8) is 0 Å². The van der Waals surface area contributed by atoms with E-state index in [1.54, 1.807) is 0 Å². The third kappa shape index (κ3) is 7.76. The lowest BCUT2D eigenvalue weighted by molar-refractivity contribution is 0.0588. The van der Waals surface area contributed by atoms with E-state index < -0.39 is 9.84 Å². The van der Waals surface area contributed by atoms with Crippen molar-refractivity contribution in [3.05, 3.63) is 215 Å². The second-order valence-electron chi connectivity index (χ2n) is 13.0. The molecule has 49 heavy (non-hydrogen) atoms. The Kier molecular flexibility index (Phi) is 10.1. The normalized spacial score (nSPS) is 17.2. The van der Waals surface area contributed by atoms with Gasteiger partial charge in [0.2, 0.25) is 0 Å². The second-order valence-corrected chi connectivity index (χ2v) is 15.1. The molecule has 2 atom stereocenters. The van der Waals surface area contributed by atoms with Gasteiger partial charge in [0, 0.05) is 25.2 Å². The van der Waals surface area contributed by atoms with Crippen molar-refractivity contribution < 1.29 is 8.42 Å². The highest BCUT2D eigenvalue weighted by Crippen LogP contribution is 2.40. The van der Waals surface area contributed by atoms with E-state index in [9.17, 15) is 8.42 Å². The van der Waals surface area contributed by atoms with Crippen molar-refractivity contribution in [2.24, 2.45) is 0 Å². The van der Waals surface area contributed by atoms with Crippen LogP contribution in [0, 0.1) is 0 Å². The number of nitrogens with zero attached hydrogens (tertiary/aromatic N) is 2. The van der Waals surface area contributed by atoms with Crippen LogP contribution in [-0.4, -0.2) is 41.8 Å². The molecule has 0 spiro atoms. The summed E-state index contributed by atoms with van der Waals surface area (Å²) in [4.78, 5) is 4.94. The van der Waals surface area contributed by atoms with Crippen molar-refractivity contribution in [1.29, 1.82) is 0 Å². The maximum atomic E-state index is 14.1. The SMILES string of the molecule is O=S1(=O)C[C@@H](N(Cc2ccccc2)C(c2ccccc2)c2ccccc2)[C@@H](N(Cc2ccccc2)C(c2ccccc2)c2ccccc2)C1. The predicted molar refractivity (Wildman–Crippen MR) is 200 cm³/mol. The number of hydrogen-bond acceptors (Lipinski definition) is 4. The van der Waals surface area contributed by atoms with Crippen molar-refractivity contribution in [2.75, 3.05) is 11.5 Å². The number of hydrogen-bond donors (Lipinski definition) is 0. The fraction of sp³-hybridized carbons (Fsp3) is 0.182. The monoisotopic (exact) mass is 662 g/mol. The maximum Gasteiger partial charge on any atom is 0.153 e. The number of rotatable bonds is 12. The summed E-state index contributed by atoms with van der Waals surface area (Å²) < 4.78 is 28.2. The minimum Gasteiger partial charge on any atom is -0.282 e. The fourth-order valence-corrected chi connectivity index (χ4v) is 9.53. The molecule has 246 valence electrons. The molecule has 0 aliphatic carbocycles. The van der Waals surface area contributed by atoms with E-state index in [0.29, 0.717) is 13.1 Å². The van der Waals surface area contributed by atoms with Gasteiger partial charge in [0.25, 0.3) is 0 Å². The van der Waals surface area contributed by atoms with Crippen LogP contribution in [0.2, 0.25) is 0 Å². The van der Waals surface area contributed by atoms with E-state index in [1.807, 2.05) is 36.4 Å². The lowest BCUT2D eigenvalue weighted by atomic mass is 9.91. The molecule has 1 fully saturated rings. The van der Waals surface area contributed by atoms with Crippen LogP contribution in [0.1, 0.15) is 45.5 Å². The molecule has 0 radical (unpaired) electrons. The van der Waals surface area contributed by atoms with Gasteiger partial charge in [0.15, 0.2) is 9.84 Å². The molecule has 7 rings (SSSR count). The molecular formula is C44H42N2O2S. The first-order chi connectivity index (χ1) is 24.1. The Labute approximate surface area is 291 Å². The van der Waals surface area contributed by atoms with E-state index in [1.165, 1.54) is 0 Å². The lowest BCUT2D eigenvalue weighted by Gasteiger charge is -2.45. The number of sulfone groups is 1. The molecule has 6 aromatic carbocycles. The molecule has 0 aromatic heterocycles. The Bertz CT molecular complexity index is 1770. The van der Waals surface area contributed by atoms with Gasteiger partial charge in [-0.3, -0.25) is 9.80 Å². The van der Waals surface area contributed by atoms with Crippen LogP contribution >= 0.6 is 0 Å². The largest absolute Gasteiger partial charge is 0.282 e. The van der Waals surface area contributed by atoms with Crippen LogP contribution in [0.15, 0.2) is 182 Å². The Morgan fingerprint density at radius 2 is 0.653 bits per heavy atom. The standard InChI is InChI=1S/C44H42N2O2S/c47-49(48)33-41(45(31-35-19-7-1-8-20-35)43(37-23-11-3-12-24-37)38-25-13-4-14-26-38)42(34-49)46(32-36-21-9-2-10-22-36)44(39-27-15-5-16-28-39)40-29-17-6-18-30-40/h1-30,41-44H,31-34H2/t41-,42+. The van der Waals surface area contributed by atoms with Gasteiger partial charge < -0.3 is 0 Å². The van der Waals surface area contributed by atoms with Gasteiger partial charge in [-0.15, -0.1) is 0 Å². The first-order valence-electron chi connectivity index (χ1n) is 17.1. The van der Waals surface area contributed by atoms with Gasteiger partial charge >= 0.3 is 0 Å². The molecule has 5 heteroatoms. The van der Waals surface area contributed by atoms with Gasteiger partial charge in [-0.1, -0.05) is 182 Å². The van der Waals surface area contributed by atoms with Gasteiger partial charge in [0.1, 0.15) is 0 Å². The molecule has 0 amide bonds. The third-order valence-corrected chi connectivity index (χ3v) is 11.4. The first kappa shape index (κ1) is 32.7. The van der Waals surface area contributed by atoms with Crippen LogP contribution in [0.5, 0.6) is 0 Å². The molecule has 1 heterocycles. The maximum absolute atomic E-state index is 14.1. The fourth-order valence-electron chi connectivity index (χ4n) is 7.52. The number of benzene rings is 6.